The molecule has 112 valence electrons. The van der Waals surface area contributed by atoms with Crippen LogP contribution in [0.25, 0.3) is 0 Å². The number of benzene rings is 1. The van der Waals surface area contributed by atoms with Gasteiger partial charge in [-0.1, -0.05) is 0 Å². The quantitative estimate of drug-likeness (QED) is 0.885. The first kappa shape index (κ1) is 14.1. The zero-order chi connectivity index (χ0) is 14.7. The van der Waals surface area contributed by atoms with E-state index in [1.165, 1.54) is 6.07 Å². The lowest BCUT2D eigenvalue weighted by Crippen LogP contribution is -2.36. The monoisotopic (exact) mass is 289 g/mol. The van der Waals surface area contributed by atoms with Gasteiger partial charge in [0, 0.05) is 31.0 Å². The Labute approximate surface area is 124 Å². The van der Waals surface area contributed by atoms with Crippen molar-refractivity contribution >= 4 is 0 Å². The molecule has 3 nitrogen and oxygen atoms in total. The summed E-state index contributed by atoms with van der Waals surface area (Å²) in [5.41, 5.74) is 0.963. The molecule has 0 radical (unpaired) electrons. The SMILES string of the molecule is CC(CCc1ccco1)NCC1Cc2cc(F)ccc2O1. The third-order valence-corrected chi connectivity index (χ3v) is 3.86. The van der Waals surface area contributed by atoms with E-state index in [0.717, 1.165) is 42.9 Å². The molecule has 21 heavy (non-hydrogen) atoms. The van der Waals surface area contributed by atoms with Gasteiger partial charge >= 0.3 is 0 Å². The number of halogens is 1. The second-order valence-electron chi connectivity index (χ2n) is 5.62. The summed E-state index contributed by atoms with van der Waals surface area (Å²) in [7, 11) is 0. The number of rotatable bonds is 6. The van der Waals surface area contributed by atoms with E-state index >= 15 is 0 Å². The molecule has 0 spiro atoms. The summed E-state index contributed by atoms with van der Waals surface area (Å²) in [4.78, 5) is 0. The van der Waals surface area contributed by atoms with Gasteiger partial charge in [-0.3, -0.25) is 0 Å². The standard InChI is InChI=1S/C17H20FNO2/c1-12(4-6-15-3-2-8-20-15)19-11-16-10-13-9-14(18)5-7-17(13)21-16/h2-3,5,7-9,12,16,19H,4,6,10-11H2,1H3. The Morgan fingerprint density at radius 2 is 2.29 bits per heavy atom. The second kappa shape index (κ2) is 6.31. The number of fused-ring (bicyclic) bond motifs is 1. The summed E-state index contributed by atoms with van der Waals surface area (Å²) in [6.07, 6.45) is 4.51. The van der Waals surface area contributed by atoms with Gasteiger partial charge in [-0.25, -0.2) is 4.39 Å². The minimum absolute atomic E-state index is 0.0906. The van der Waals surface area contributed by atoms with Crippen molar-refractivity contribution < 1.29 is 13.5 Å². The van der Waals surface area contributed by atoms with Crippen LogP contribution in [-0.4, -0.2) is 18.7 Å². The highest BCUT2D eigenvalue weighted by Gasteiger charge is 2.23. The highest BCUT2D eigenvalue weighted by atomic mass is 19.1. The first-order chi connectivity index (χ1) is 10.2. The average molecular weight is 289 g/mol. The second-order valence-corrected chi connectivity index (χ2v) is 5.62. The van der Waals surface area contributed by atoms with Crippen molar-refractivity contribution in [2.45, 2.75) is 38.3 Å². The van der Waals surface area contributed by atoms with Crippen molar-refractivity contribution in [3.63, 3.8) is 0 Å². The molecule has 2 atom stereocenters. The summed E-state index contributed by atoms with van der Waals surface area (Å²) in [5.74, 6) is 1.63. The molecule has 0 saturated heterocycles. The Kier molecular flexibility index (Phi) is 4.25. The van der Waals surface area contributed by atoms with Gasteiger partial charge in [-0.2, -0.15) is 0 Å². The third-order valence-electron chi connectivity index (χ3n) is 3.86. The summed E-state index contributed by atoms with van der Waals surface area (Å²) < 4.78 is 24.3. The maximum Gasteiger partial charge on any atom is 0.123 e. The molecule has 2 heterocycles. The first-order valence-corrected chi connectivity index (χ1v) is 7.41. The van der Waals surface area contributed by atoms with E-state index in [0.29, 0.717) is 6.04 Å². The molecule has 3 rings (SSSR count). The molecule has 1 aromatic carbocycles. The molecule has 1 N–H and O–H groups in total. The maximum absolute atomic E-state index is 13.2. The normalized spacial score (nSPS) is 18.3. The number of furan rings is 1. The van der Waals surface area contributed by atoms with E-state index in [4.69, 9.17) is 9.15 Å². The van der Waals surface area contributed by atoms with Gasteiger partial charge in [-0.15, -0.1) is 0 Å². The maximum atomic E-state index is 13.2. The van der Waals surface area contributed by atoms with E-state index in [2.05, 4.69) is 12.2 Å². The zero-order valence-corrected chi connectivity index (χ0v) is 12.1. The largest absolute Gasteiger partial charge is 0.488 e. The summed E-state index contributed by atoms with van der Waals surface area (Å²) >= 11 is 0. The smallest absolute Gasteiger partial charge is 0.123 e. The van der Waals surface area contributed by atoms with Crippen LogP contribution in [-0.2, 0) is 12.8 Å². The molecule has 1 aliphatic heterocycles. The van der Waals surface area contributed by atoms with E-state index in [1.807, 2.05) is 12.1 Å². The molecule has 0 fully saturated rings. The number of hydrogen-bond acceptors (Lipinski definition) is 3. The minimum Gasteiger partial charge on any atom is -0.488 e. The molecule has 1 aromatic heterocycles. The van der Waals surface area contributed by atoms with Crippen molar-refractivity contribution in [1.29, 1.82) is 0 Å². The molecule has 4 heteroatoms. The fourth-order valence-corrected chi connectivity index (χ4v) is 2.65. The van der Waals surface area contributed by atoms with E-state index < -0.39 is 0 Å². The molecule has 0 bridgehead atoms. The summed E-state index contributed by atoms with van der Waals surface area (Å²) in [6.45, 7) is 2.93. The Morgan fingerprint density at radius 1 is 1.38 bits per heavy atom. The van der Waals surface area contributed by atoms with Crippen molar-refractivity contribution in [3.8, 4) is 5.75 Å². The van der Waals surface area contributed by atoms with Gasteiger partial charge < -0.3 is 14.5 Å². The summed E-state index contributed by atoms with van der Waals surface area (Å²) in [6, 6.07) is 9.02. The summed E-state index contributed by atoms with van der Waals surface area (Å²) in [5, 5.41) is 3.48. The van der Waals surface area contributed by atoms with Crippen LogP contribution in [0.5, 0.6) is 5.75 Å². The van der Waals surface area contributed by atoms with E-state index in [1.54, 1.807) is 18.4 Å². The van der Waals surface area contributed by atoms with Crippen molar-refractivity contribution in [2.24, 2.45) is 0 Å². The molecule has 2 aromatic rings. The van der Waals surface area contributed by atoms with Gasteiger partial charge in [0.15, 0.2) is 0 Å². The highest BCUT2D eigenvalue weighted by molar-refractivity contribution is 5.37. The molecular formula is C17H20FNO2. The molecule has 1 aliphatic rings. The van der Waals surface area contributed by atoms with E-state index in [-0.39, 0.29) is 11.9 Å². The van der Waals surface area contributed by atoms with Crippen molar-refractivity contribution in [1.82, 2.24) is 5.32 Å². The number of nitrogens with one attached hydrogen (secondary N) is 1. The fourth-order valence-electron chi connectivity index (χ4n) is 2.65. The van der Waals surface area contributed by atoms with Crippen molar-refractivity contribution in [3.05, 3.63) is 53.7 Å². The Bertz CT molecular complexity index is 582. The zero-order valence-electron chi connectivity index (χ0n) is 12.1. The molecular weight excluding hydrogens is 269 g/mol. The molecule has 0 aliphatic carbocycles. The third kappa shape index (κ3) is 3.64. The van der Waals surface area contributed by atoms with Crippen LogP contribution in [0.1, 0.15) is 24.7 Å². The van der Waals surface area contributed by atoms with Crippen LogP contribution in [0.3, 0.4) is 0 Å². The lowest BCUT2D eigenvalue weighted by molar-refractivity contribution is 0.221. The van der Waals surface area contributed by atoms with Gasteiger partial charge in [0.05, 0.1) is 6.26 Å². The van der Waals surface area contributed by atoms with Crippen LogP contribution >= 0.6 is 0 Å². The minimum atomic E-state index is -0.197. The number of hydrogen-bond donors (Lipinski definition) is 1. The predicted molar refractivity (Wildman–Crippen MR) is 79.0 cm³/mol. The average Bonchev–Trinajstić information content (AvgIpc) is 3.11. The Balaban J connectivity index is 1.42. The highest BCUT2D eigenvalue weighted by Crippen LogP contribution is 2.28. The van der Waals surface area contributed by atoms with Crippen LogP contribution in [0.15, 0.2) is 41.0 Å². The molecule has 2 unspecified atom stereocenters. The molecule has 0 amide bonds. The lowest BCUT2D eigenvalue weighted by atomic mass is 10.1. The van der Waals surface area contributed by atoms with Crippen LogP contribution in [0.4, 0.5) is 4.39 Å². The van der Waals surface area contributed by atoms with Gasteiger partial charge in [-0.05, 0) is 43.7 Å². The van der Waals surface area contributed by atoms with Crippen LogP contribution in [0, 0.1) is 5.82 Å². The Morgan fingerprint density at radius 3 is 3.10 bits per heavy atom. The van der Waals surface area contributed by atoms with Gasteiger partial charge in [0.25, 0.3) is 0 Å². The van der Waals surface area contributed by atoms with Crippen molar-refractivity contribution in [2.75, 3.05) is 6.54 Å². The molecule has 0 saturated carbocycles. The predicted octanol–water partition coefficient (Wildman–Crippen LogP) is 3.33. The van der Waals surface area contributed by atoms with Crippen LogP contribution in [0.2, 0.25) is 0 Å². The lowest BCUT2D eigenvalue weighted by Gasteiger charge is -2.17. The fraction of sp³-hybridized carbons (Fsp3) is 0.412. The topological polar surface area (TPSA) is 34.4 Å². The van der Waals surface area contributed by atoms with Crippen LogP contribution < -0.4 is 10.1 Å². The number of aryl methyl sites for hydroxylation is 1. The number of ether oxygens (including phenoxy) is 1. The van der Waals surface area contributed by atoms with E-state index in [9.17, 15) is 4.39 Å². The van der Waals surface area contributed by atoms with Gasteiger partial charge in [0.1, 0.15) is 23.4 Å². The first-order valence-electron chi connectivity index (χ1n) is 7.41. The Hall–Kier alpha value is -1.81. The van der Waals surface area contributed by atoms with Gasteiger partial charge in [0.2, 0.25) is 0 Å².